The standard InChI is InChI=1S/C6H3N3O2/c7-3-5-8-2-1-4(9-5)6(10)11/h1-2H,(H,10,11). The van der Waals surface area contributed by atoms with Crippen molar-refractivity contribution in [2.24, 2.45) is 0 Å². The summed E-state index contributed by atoms with van der Waals surface area (Å²) in [4.78, 5) is 17.2. The third-order valence-corrected chi connectivity index (χ3v) is 0.975. The summed E-state index contributed by atoms with van der Waals surface area (Å²) in [5.41, 5.74) is -0.170. The van der Waals surface area contributed by atoms with E-state index in [0.717, 1.165) is 0 Å². The maximum absolute atomic E-state index is 10.3. The van der Waals surface area contributed by atoms with Crippen molar-refractivity contribution in [3.8, 4) is 6.07 Å². The fourth-order valence-electron chi connectivity index (χ4n) is 0.532. The molecule has 1 rings (SSSR count). The van der Waals surface area contributed by atoms with E-state index in [1.807, 2.05) is 0 Å². The number of nitrogens with zero attached hydrogens (tertiary/aromatic N) is 3. The second-order valence-corrected chi connectivity index (χ2v) is 1.68. The van der Waals surface area contributed by atoms with Crippen LogP contribution in [0.3, 0.4) is 0 Å². The van der Waals surface area contributed by atoms with Crippen LogP contribution >= 0.6 is 0 Å². The lowest BCUT2D eigenvalue weighted by Crippen LogP contribution is -2.02. The molecule has 0 bridgehead atoms. The van der Waals surface area contributed by atoms with Crippen molar-refractivity contribution in [3.05, 3.63) is 23.8 Å². The Morgan fingerprint density at radius 3 is 3.00 bits per heavy atom. The summed E-state index contributed by atoms with van der Waals surface area (Å²) in [7, 11) is 0. The van der Waals surface area contributed by atoms with E-state index in [0.29, 0.717) is 0 Å². The van der Waals surface area contributed by atoms with E-state index in [1.165, 1.54) is 12.3 Å². The Labute approximate surface area is 61.9 Å². The highest BCUT2D eigenvalue weighted by Gasteiger charge is 2.04. The normalized spacial score (nSPS) is 8.64. The largest absolute Gasteiger partial charge is 0.477 e. The molecule has 0 aliphatic rings. The first-order valence-electron chi connectivity index (χ1n) is 2.70. The van der Waals surface area contributed by atoms with Gasteiger partial charge in [-0.05, 0) is 6.07 Å². The monoisotopic (exact) mass is 149 g/mol. The predicted octanol–water partition coefficient (Wildman–Crippen LogP) is 0.0465. The van der Waals surface area contributed by atoms with E-state index in [4.69, 9.17) is 10.4 Å². The van der Waals surface area contributed by atoms with Gasteiger partial charge in [-0.2, -0.15) is 5.26 Å². The first-order chi connectivity index (χ1) is 5.24. The van der Waals surface area contributed by atoms with E-state index in [2.05, 4.69) is 9.97 Å². The van der Waals surface area contributed by atoms with Crippen molar-refractivity contribution < 1.29 is 9.90 Å². The Hall–Kier alpha value is -1.96. The van der Waals surface area contributed by atoms with Gasteiger partial charge in [0.15, 0.2) is 5.69 Å². The van der Waals surface area contributed by atoms with Crippen molar-refractivity contribution in [1.82, 2.24) is 9.97 Å². The fraction of sp³-hybridized carbons (Fsp3) is 0. The molecule has 1 N–H and O–H groups in total. The van der Waals surface area contributed by atoms with Crippen molar-refractivity contribution in [1.29, 1.82) is 5.26 Å². The van der Waals surface area contributed by atoms with Crippen LogP contribution in [0.5, 0.6) is 0 Å². The molecule has 0 fully saturated rings. The van der Waals surface area contributed by atoms with Crippen LogP contribution in [0.2, 0.25) is 0 Å². The Kier molecular flexibility index (Phi) is 1.79. The van der Waals surface area contributed by atoms with Crippen LogP contribution in [-0.4, -0.2) is 21.0 Å². The number of rotatable bonds is 1. The zero-order valence-corrected chi connectivity index (χ0v) is 5.35. The third kappa shape index (κ3) is 1.49. The average molecular weight is 149 g/mol. The summed E-state index contributed by atoms with van der Waals surface area (Å²) in [6.07, 6.45) is 1.23. The topological polar surface area (TPSA) is 86.9 Å². The van der Waals surface area contributed by atoms with Crippen LogP contribution in [0.15, 0.2) is 12.3 Å². The molecule has 54 valence electrons. The quantitative estimate of drug-likeness (QED) is 0.609. The van der Waals surface area contributed by atoms with Gasteiger partial charge < -0.3 is 5.11 Å². The number of aromatic nitrogens is 2. The molecule has 1 aromatic rings. The molecule has 0 spiro atoms. The zero-order chi connectivity index (χ0) is 8.27. The van der Waals surface area contributed by atoms with Crippen LogP contribution in [0.4, 0.5) is 0 Å². The highest BCUT2D eigenvalue weighted by atomic mass is 16.4. The number of hydrogen-bond donors (Lipinski definition) is 1. The van der Waals surface area contributed by atoms with Gasteiger partial charge in [0.25, 0.3) is 0 Å². The van der Waals surface area contributed by atoms with Crippen LogP contribution < -0.4 is 0 Å². The minimum atomic E-state index is -1.16. The number of carboxylic acids is 1. The molecule has 0 atom stereocenters. The number of carbonyl (C=O) groups is 1. The molecular formula is C6H3N3O2. The highest BCUT2D eigenvalue weighted by Crippen LogP contribution is 1.93. The molecule has 0 saturated heterocycles. The number of nitriles is 1. The number of hydrogen-bond acceptors (Lipinski definition) is 4. The van der Waals surface area contributed by atoms with Gasteiger partial charge in [-0.3, -0.25) is 0 Å². The SMILES string of the molecule is N#Cc1nccc(C(=O)O)n1. The Morgan fingerprint density at radius 2 is 2.45 bits per heavy atom. The highest BCUT2D eigenvalue weighted by molar-refractivity contribution is 5.85. The predicted molar refractivity (Wildman–Crippen MR) is 33.7 cm³/mol. The van der Waals surface area contributed by atoms with Crippen molar-refractivity contribution >= 4 is 5.97 Å². The van der Waals surface area contributed by atoms with Gasteiger partial charge in [-0.1, -0.05) is 0 Å². The van der Waals surface area contributed by atoms with Gasteiger partial charge in [0.1, 0.15) is 6.07 Å². The lowest BCUT2D eigenvalue weighted by molar-refractivity contribution is 0.0690. The van der Waals surface area contributed by atoms with Gasteiger partial charge in [0.05, 0.1) is 0 Å². The van der Waals surface area contributed by atoms with E-state index in [1.54, 1.807) is 6.07 Å². The fourth-order valence-corrected chi connectivity index (χ4v) is 0.532. The zero-order valence-electron chi connectivity index (χ0n) is 5.35. The molecule has 0 aliphatic heterocycles. The lowest BCUT2D eigenvalue weighted by Gasteiger charge is -1.90. The summed E-state index contributed by atoms with van der Waals surface area (Å²) in [6, 6.07) is 2.86. The molecule has 0 amide bonds. The average Bonchev–Trinajstić information content (AvgIpc) is 2.05. The van der Waals surface area contributed by atoms with E-state index in [-0.39, 0.29) is 11.5 Å². The summed E-state index contributed by atoms with van der Waals surface area (Å²) in [5, 5.41) is 16.7. The second-order valence-electron chi connectivity index (χ2n) is 1.68. The lowest BCUT2D eigenvalue weighted by atomic mass is 10.4. The molecule has 0 radical (unpaired) electrons. The summed E-state index contributed by atoms with van der Waals surface area (Å²) in [5.74, 6) is -1.30. The molecule has 1 aromatic heterocycles. The molecule has 0 saturated carbocycles. The number of aromatic carboxylic acids is 1. The first kappa shape index (κ1) is 7.15. The summed E-state index contributed by atoms with van der Waals surface area (Å²) < 4.78 is 0. The van der Waals surface area contributed by atoms with Gasteiger partial charge in [0.2, 0.25) is 5.82 Å². The molecule has 0 unspecified atom stereocenters. The maximum Gasteiger partial charge on any atom is 0.354 e. The summed E-state index contributed by atoms with van der Waals surface area (Å²) >= 11 is 0. The van der Waals surface area contributed by atoms with Crippen LogP contribution in [-0.2, 0) is 0 Å². The van der Waals surface area contributed by atoms with E-state index >= 15 is 0 Å². The van der Waals surface area contributed by atoms with E-state index in [9.17, 15) is 4.79 Å². The maximum atomic E-state index is 10.3. The molecule has 1 heterocycles. The second kappa shape index (κ2) is 2.75. The molecule has 0 aromatic carbocycles. The molecule has 0 aliphatic carbocycles. The molecule has 5 heteroatoms. The van der Waals surface area contributed by atoms with E-state index < -0.39 is 5.97 Å². The Bertz CT molecular complexity index is 329. The molecule has 5 nitrogen and oxygen atoms in total. The van der Waals surface area contributed by atoms with Gasteiger partial charge in [-0.15, -0.1) is 0 Å². The number of carboxylic acid groups (broad SMARTS) is 1. The summed E-state index contributed by atoms with van der Waals surface area (Å²) in [6.45, 7) is 0. The van der Waals surface area contributed by atoms with Gasteiger partial charge >= 0.3 is 5.97 Å². The van der Waals surface area contributed by atoms with Crippen LogP contribution in [0.1, 0.15) is 16.3 Å². The van der Waals surface area contributed by atoms with Crippen molar-refractivity contribution in [3.63, 3.8) is 0 Å². The van der Waals surface area contributed by atoms with Crippen LogP contribution in [0.25, 0.3) is 0 Å². The van der Waals surface area contributed by atoms with Crippen molar-refractivity contribution in [2.45, 2.75) is 0 Å². The minimum absolute atomic E-state index is 0.134. The van der Waals surface area contributed by atoms with Gasteiger partial charge in [0, 0.05) is 6.20 Å². The molecular weight excluding hydrogens is 146 g/mol. The first-order valence-corrected chi connectivity index (χ1v) is 2.70. The van der Waals surface area contributed by atoms with Gasteiger partial charge in [-0.25, -0.2) is 14.8 Å². The van der Waals surface area contributed by atoms with Crippen molar-refractivity contribution in [2.75, 3.05) is 0 Å². The molecule has 11 heavy (non-hydrogen) atoms. The smallest absolute Gasteiger partial charge is 0.354 e. The van der Waals surface area contributed by atoms with Crippen LogP contribution in [0, 0.1) is 11.3 Å². The third-order valence-electron chi connectivity index (χ3n) is 0.975. The Morgan fingerprint density at radius 1 is 1.73 bits per heavy atom. The minimum Gasteiger partial charge on any atom is -0.477 e. The Balaban J connectivity index is 3.13.